The molecule has 5 nitrogen and oxygen atoms in total. The molecule has 0 amide bonds. The van der Waals surface area contributed by atoms with E-state index in [1.165, 1.54) is 5.56 Å². The van der Waals surface area contributed by atoms with E-state index in [1.807, 2.05) is 30.3 Å². The fourth-order valence-corrected chi connectivity index (χ4v) is 3.29. The molecule has 0 spiro atoms. The molecule has 128 valence electrons. The van der Waals surface area contributed by atoms with Gasteiger partial charge in [-0.3, -0.25) is 9.97 Å². The van der Waals surface area contributed by atoms with E-state index in [2.05, 4.69) is 16.0 Å². The molecular formula is C21H18N4O. The van der Waals surface area contributed by atoms with E-state index in [4.69, 9.17) is 9.72 Å². The van der Waals surface area contributed by atoms with Crippen molar-refractivity contribution in [1.29, 1.82) is 5.26 Å². The third-order valence-electron chi connectivity index (χ3n) is 4.55. The van der Waals surface area contributed by atoms with Gasteiger partial charge in [0, 0.05) is 35.9 Å². The van der Waals surface area contributed by atoms with Crippen LogP contribution in [0.25, 0.3) is 11.1 Å². The van der Waals surface area contributed by atoms with Crippen LogP contribution in [-0.4, -0.2) is 15.0 Å². The number of hydrogen-bond acceptors (Lipinski definition) is 5. The van der Waals surface area contributed by atoms with Crippen molar-refractivity contribution in [3.8, 4) is 23.1 Å². The van der Waals surface area contributed by atoms with Crippen LogP contribution in [0.3, 0.4) is 0 Å². The molecule has 0 saturated carbocycles. The Bertz CT molecular complexity index is 963. The number of fused-ring (bicyclic) bond motifs is 1. The molecule has 3 heterocycles. The van der Waals surface area contributed by atoms with E-state index in [1.54, 1.807) is 18.6 Å². The summed E-state index contributed by atoms with van der Waals surface area (Å²) in [5.41, 5.74) is 5.76. The summed E-state index contributed by atoms with van der Waals surface area (Å²) in [5.74, 6) is 0.591. The van der Waals surface area contributed by atoms with E-state index in [-0.39, 0.29) is 0 Å². The Morgan fingerprint density at radius 1 is 1.12 bits per heavy atom. The lowest BCUT2D eigenvalue weighted by molar-refractivity contribution is 0.288. The van der Waals surface area contributed by atoms with Crippen molar-refractivity contribution >= 4 is 0 Å². The van der Waals surface area contributed by atoms with Crippen LogP contribution in [0.2, 0.25) is 0 Å². The molecule has 3 aromatic rings. The van der Waals surface area contributed by atoms with Crippen LogP contribution in [0.1, 0.15) is 35.4 Å². The Morgan fingerprint density at radius 3 is 2.88 bits per heavy atom. The summed E-state index contributed by atoms with van der Waals surface area (Å²) in [6, 6.07) is 11.8. The van der Waals surface area contributed by atoms with E-state index >= 15 is 0 Å². The highest BCUT2D eigenvalue weighted by molar-refractivity contribution is 5.70. The van der Waals surface area contributed by atoms with Gasteiger partial charge in [0.2, 0.25) is 5.88 Å². The number of pyridine rings is 3. The zero-order valence-electron chi connectivity index (χ0n) is 14.4. The van der Waals surface area contributed by atoms with Gasteiger partial charge in [0.05, 0.1) is 11.3 Å². The van der Waals surface area contributed by atoms with Gasteiger partial charge in [-0.2, -0.15) is 5.26 Å². The lowest BCUT2D eigenvalue weighted by Crippen LogP contribution is -2.09. The van der Waals surface area contributed by atoms with Gasteiger partial charge in [0.1, 0.15) is 12.7 Å². The zero-order chi connectivity index (χ0) is 17.8. The fraction of sp³-hybridized carbons (Fsp3) is 0.238. The number of hydrogen-bond donors (Lipinski definition) is 0. The second kappa shape index (κ2) is 7.32. The van der Waals surface area contributed by atoms with Crippen molar-refractivity contribution in [3.63, 3.8) is 0 Å². The largest absolute Gasteiger partial charge is 0.471 e. The maximum atomic E-state index is 9.18. The molecule has 0 aliphatic heterocycles. The summed E-state index contributed by atoms with van der Waals surface area (Å²) in [5, 5.41) is 9.18. The van der Waals surface area contributed by atoms with E-state index in [0.29, 0.717) is 18.1 Å². The maximum absolute atomic E-state index is 9.18. The van der Waals surface area contributed by atoms with Gasteiger partial charge in [0.25, 0.3) is 0 Å². The number of ether oxygens (including phenoxy) is 1. The Balaban J connectivity index is 1.71. The van der Waals surface area contributed by atoms with E-state index < -0.39 is 0 Å². The predicted molar refractivity (Wildman–Crippen MR) is 97.4 cm³/mol. The van der Waals surface area contributed by atoms with Crippen LogP contribution in [0.4, 0.5) is 0 Å². The lowest BCUT2D eigenvalue weighted by atomic mass is 9.89. The molecule has 0 fully saturated rings. The molecule has 3 aromatic heterocycles. The Morgan fingerprint density at radius 2 is 2.04 bits per heavy atom. The third kappa shape index (κ3) is 3.40. The zero-order valence-corrected chi connectivity index (χ0v) is 14.4. The van der Waals surface area contributed by atoms with Crippen LogP contribution in [0.5, 0.6) is 5.88 Å². The SMILES string of the molecule is N#Cc1cncc(-c2cc(OCc3ccccn3)nc3c2CCCC3)c1. The van der Waals surface area contributed by atoms with Crippen molar-refractivity contribution < 1.29 is 4.74 Å². The summed E-state index contributed by atoms with van der Waals surface area (Å²) >= 11 is 0. The van der Waals surface area contributed by atoms with Gasteiger partial charge >= 0.3 is 0 Å². The van der Waals surface area contributed by atoms with Crippen molar-refractivity contribution in [2.45, 2.75) is 32.3 Å². The average Bonchev–Trinajstić information content (AvgIpc) is 2.72. The molecule has 0 radical (unpaired) electrons. The Hall–Kier alpha value is -3.26. The van der Waals surface area contributed by atoms with Crippen molar-refractivity contribution in [2.24, 2.45) is 0 Å². The molecule has 0 N–H and O–H groups in total. The number of rotatable bonds is 4. The average molecular weight is 342 g/mol. The first-order valence-electron chi connectivity index (χ1n) is 8.74. The predicted octanol–water partition coefficient (Wildman–Crippen LogP) is 3.87. The molecule has 1 aliphatic carbocycles. The van der Waals surface area contributed by atoms with Crippen molar-refractivity contribution in [2.75, 3.05) is 0 Å². The van der Waals surface area contributed by atoms with Crippen LogP contribution < -0.4 is 4.74 Å². The minimum Gasteiger partial charge on any atom is -0.471 e. The highest BCUT2D eigenvalue weighted by Gasteiger charge is 2.18. The molecule has 5 heteroatoms. The highest BCUT2D eigenvalue weighted by atomic mass is 16.5. The van der Waals surface area contributed by atoms with Gasteiger partial charge in [-0.15, -0.1) is 0 Å². The smallest absolute Gasteiger partial charge is 0.214 e. The first-order chi connectivity index (χ1) is 12.8. The minimum absolute atomic E-state index is 0.378. The summed E-state index contributed by atoms with van der Waals surface area (Å²) in [6.07, 6.45) is 9.37. The Labute approximate surface area is 152 Å². The Kier molecular flexibility index (Phi) is 4.57. The molecule has 4 rings (SSSR count). The monoisotopic (exact) mass is 342 g/mol. The van der Waals surface area contributed by atoms with Gasteiger partial charge in [-0.25, -0.2) is 4.98 Å². The normalized spacial score (nSPS) is 12.9. The summed E-state index contributed by atoms with van der Waals surface area (Å²) in [7, 11) is 0. The first-order valence-corrected chi connectivity index (χ1v) is 8.74. The van der Waals surface area contributed by atoms with E-state index in [0.717, 1.165) is 48.2 Å². The van der Waals surface area contributed by atoms with Crippen LogP contribution >= 0.6 is 0 Å². The van der Waals surface area contributed by atoms with E-state index in [9.17, 15) is 5.26 Å². The lowest BCUT2D eigenvalue weighted by Gasteiger charge is -2.20. The van der Waals surface area contributed by atoms with Gasteiger partial charge in [0.15, 0.2) is 0 Å². The third-order valence-corrected chi connectivity index (χ3v) is 4.55. The number of aryl methyl sites for hydroxylation is 1. The number of aromatic nitrogens is 3. The quantitative estimate of drug-likeness (QED) is 0.720. The topological polar surface area (TPSA) is 71.7 Å². The number of nitriles is 1. The summed E-state index contributed by atoms with van der Waals surface area (Å²) in [6.45, 7) is 0.378. The summed E-state index contributed by atoms with van der Waals surface area (Å²) < 4.78 is 5.92. The van der Waals surface area contributed by atoms with Gasteiger partial charge in [-0.1, -0.05) is 6.07 Å². The second-order valence-corrected chi connectivity index (χ2v) is 6.32. The molecule has 1 aliphatic rings. The van der Waals surface area contributed by atoms with Gasteiger partial charge < -0.3 is 4.74 Å². The number of nitrogens with zero attached hydrogens (tertiary/aromatic N) is 4. The highest BCUT2D eigenvalue weighted by Crippen LogP contribution is 2.33. The second-order valence-electron chi connectivity index (χ2n) is 6.32. The van der Waals surface area contributed by atoms with Gasteiger partial charge in [-0.05, 0) is 55.0 Å². The summed E-state index contributed by atoms with van der Waals surface area (Å²) in [4.78, 5) is 13.2. The molecule has 26 heavy (non-hydrogen) atoms. The van der Waals surface area contributed by atoms with Crippen LogP contribution in [0, 0.1) is 11.3 Å². The van der Waals surface area contributed by atoms with Crippen molar-refractivity contribution in [1.82, 2.24) is 15.0 Å². The molecule has 0 saturated heterocycles. The first kappa shape index (κ1) is 16.2. The van der Waals surface area contributed by atoms with Crippen LogP contribution in [0.15, 0.2) is 48.9 Å². The molecule has 0 aromatic carbocycles. The molecule has 0 bridgehead atoms. The van der Waals surface area contributed by atoms with Crippen LogP contribution in [-0.2, 0) is 19.4 Å². The molecular weight excluding hydrogens is 324 g/mol. The molecule has 0 unspecified atom stereocenters. The molecule has 0 atom stereocenters. The fourth-order valence-electron chi connectivity index (χ4n) is 3.29. The standard InChI is InChI=1S/C21H18N4O/c22-11-15-9-16(13-23-12-15)19-10-21(25-20-7-2-1-6-18(19)20)26-14-17-5-3-4-8-24-17/h3-5,8-10,12-13H,1-2,6-7,14H2. The van der Waals surface area contributed by atoms with Crippen molar-refractivity contribution in [3.05, 3.63) is 71.4 Å². The minimum atomic E-state index is 0.378. The maximum Gasteiger partial charge on any atom is 0.214 e.